The molecule has 134 valence electrons. The molecular weight excluding hydrogens is 338 g/mol. The molecular formula is C17H17N5O4. The first-order chi connectivity index (χ1) is 12.5. The molecule has 1 N–H and O–H groups in total. The smallest absolute Gasteiger partial charge is 0.293 e. The summed E-state index contributed by atoms with van der Waals surface area (Å²) in [6.45, 7) is 2.05. The first kappa shape index (κ1) is 17.4. The van der Waals surface area contributed by atoms with E-state index >= 15 is 0 Å². The Morgan fingerprint density at radius 1 is 1.31 bits per heavy atom. The fourth-order valence-corrected chi connectivity index (χ4v) is 2.52. The standard InChI is InChI=1S/C17H17N5O4/c1-3-26-19-17(23)16-11-14(15-8-5-9-20(15)2)18-21(16)12-6-4-7-13(10-12)22(24)25/h4-11H,3H2,1-2H3,(H,19,23). The molecule has 2 heterocycles. The number of aryl methyl sites for hydroxylation is 1. The number of carbonyl (C=O) groups is 1. The summed E-state index contributed by atoms with van der Waals surface area (Å²) in [7, 11) is 1.86. The molecule has 9 heteroatoms. The lowest BCUT2D eigenvalue weighted by Gasteiger charge is -2.07. The van der Waals surface area contributed by atoms with Gasteiger partial charge in [0, 0.05) is 25.4 Å². The first-order valence-electron chi connectivity index (χ1n) is 7.90. The van der Waals surface area contributed by atoms with E-state index < -0.39 is 10.8 Å². The van der Waals surface area contributed by atoms with Crippen LogP contribution in [-0.2, 0) is 11.9 Å². The van der Waals surface area contributed by atoms with Crippen LogP contribution in [0.25, 0.3) is 17.1 Å². The average molecular weight is 355 g/mol. The van der Waals surface area contributed by atoms with Crippen LogP contribution < -0.4 is 5.48 Å². The number of aromatic nitrogens is 3. The van der Waals surface area contributed by atoms with Crippen LogP contribution >= 0.6 is 0 Å². The van der Waals surface area contributed by atoms with Crippen LogP contribution in [0.15, 0.2) is 48.7 Å². The Morgan fingerprint density at radius 3 is 2.77 bits per heavy atom. The van der Waals surface area contributed by atoms with Gasteiger partial charge < -0.3 is 4.57 Å². The molecule has 3 aromatic rings. The normalized spacial score (nSPS) is 10.7. The maximum Gasteiger partial charge on any atom is 0.293 e. The van der Waals surface area contributed by atoms with E-state index in [-0.39, 0.29) is 11.4 Å². The van der Waals surface area contributed by atoms with Crippen LogP contribution in [0.3, 0.4) is 0 Å². The van der Waals surface area contributed by atoms with Crippen LogP contribution in [0, 0.1) is 10.1 Å². The third-order valence-electron chi connectivity index (χ3n) is 3.74. The summed E-state index contributed by atoms with van der Waals surface area (Å²) in [6, 6.07) is 11.3. The largest absolute Gasteiger partial charge is 0.349 e. The van der Waals surface area contributed by atoms with Gasteiger partial charge in [-0.2, -0.15) is 5.10 Å². The number of nitrogens with one attached hydrogen (secondary N) is 1. The zero-order valence-electron chi connectivity index (χ0n) is 14.2. The number of amides is 1. The van der Waals surface area contributed by atoms with Gasteiger partial charge >= 0.3 is 0 Å². The third-order valence-corrected chi connectivity index (χ3v) is 3.74. The van der Waals surface area contributed by atoms with E-state index in [1.807, 2.05) is 29.9 Å². The second kappa shape index (κ2) is 7.19. The van der Waals surface area contributed by atoms with Crippen molar-refractivity contribution in [2.24, 2.45) is 7.05 Å². The maximum absolute atomic E-state index is 12.4. The molecule has 0 spiro atoms. The minimum atomic E-state index is -0.495. The van der Waals surface area contributed by atoms with Gasteiger partial charge in [0.05, 0.1) is 22.9 Å². The van der Waals surface area contributed by atoms with Crippen LogP contribution in [0.4, 0.5) is 5.69 Å². The molecule has 0 bridgehead atoms. The zero-order valence-corrected chi connectivity index (χ0v) is 14.2. The Morgan fingerprint density at radius 2 is 2.12 bits per heavy atom. The number of nitro benzene ring substituents is 1. The molecule has 1 amide bonds. The number of benzene rings is 1. The first-order valence-corrected chi connectivity index (χ1v) is 7.90. The monoisotopic (exact) mass is 355 g/mol. The van der Waals surface area contributed by atoms with Crippen LogP contribution in [-0.4, -0.2) is 31.8 Å². The number of rotatable bonds is 6. The van der Waals surface area contributed by atoms with E-state index in [0.717, 1.165) is 5.69 Å². The Kier molecular flexibility index (Phi) is 4.81. The molecule has 2 aromatic heterocycles. The zero-order chi connectivity index (χ0) is 18.7. The van der Waals surface area contributed by atoms with Crippen molar-refractivity contribution in [3.05, 3.63) is 64.5 Å². The topological polar surface area (TPSA) is 104 Å². The van der Waals surface area contributed by atoms with Gasteiger partial charge in [-0.15, -0.1) is 0 Å². The van der Waals surface area contributed by atoms with Crippen LogP contribution in [0.1, 0.15) is 17.4 Å². The fourth-order valence-electron chi connectivity index (χ4n) is 2.52. The molecule has 0 saturated heterocycles. The molecule has 0 aliphatic carbocycles. The van der Waals surface area contributed by atoms with Gasteiger partial charge in [0.15, 0.2) is 0 Å². The molecule has 0 radical (unpaired) electrons. The molecule has 0 saturated carbocycles. The SMILES string of the molecule is CCONC(=O)c1cc(-c2cccn2C)nn1-c1cccc([N+](=O)[O-])c1. The highest BCUT2D eigenvalue weighted by molar-refractivity contribution is 5.93. The third kappa shape index (κ3) is 3.33. The quantitative estimate of drug-likeness (QED) is 0.540. The second-order valence-electron chi connectivity index (χ2n) is 5.47. The van der Waals surface area contributed by atoms with Gasteiger partial charge in [-0.3, -0.25) is 19.7 Å². The Hall–Kier alpha value is -3.46. The van der Waals surface area contributed by atoms with E-state index in [4.69, 9.17) is 4.84 Å². The number of nitro groups is 1. The number of carbonyl (C=O) groups excluding carboxylic acids is 1. The summed E-state index contributed by atoms with van der Waals surface area (Å²) in [6.07, 6.45) is 1.86. The number of hydrogen-bond donors (Lipinski definition) is 1. The molecule has 0 aliphatic rings. The van der Waals surface area contributed by atoms with Crippen molar-refractivity contribution in [3.63, 3.8) is 0 Å². The molecule has 26 heavy (non-hydrogen) atoms. The Bertz CT molecular complexity index is 960. The predicted octanol–water partition coefficient (Wildman–Crippen LogP) is 2.47. The number of non-ortho nitro benzene ring substituents is 1. The lowest BCUT2D eigenvalue weighted by molar-refractivity contribution is -0.384. The van der Waals surface area contributed by atoms with Crippen LogP contribution in [0.2, 0.25) is 0 Å². The molecule has 0 aliphatic heterocycles. The number of nitrogens with zero attached hydrogens (tertiary/aromatic N) is 4. The highest BCUT2D eigenvalue weighted by Gasteiger charge is 2.20. The van der Waals surface area contributed by atoms with E-state index in [1.165, 1.54) is 16.8 Å². The lowest BCUT2D eigenvalue weighted by atomic mass is 10.2. The van der Waals surface area contributed by atoms with E-state index in [9.17, 15) is 14.9 Å². The lowest BCUT2D eigenvalue weighted by Crippen LogP contribution is -2.26. The van der Waals surface area contributed by atoms with Gasteiger partial charge in [0.2, 0.25) is 0 Å². The molecule has 0 fully saturated rings. The summed E-state index contributed by atoms with van der Waals surface area (Å²) in [5, 5.41) is 15.5. The summed E-state index contributed by atoms with van der Waals surface area (Å²) < 4.78 is 3.23. The van der Waals surface area contributed by atoms with Crippen molar-refractivity contribution in [2.75, 3.05) is 6.61 Å². The number of hydroxylamine groups is 1. The van der Waals surface area contributed by atoms with Gasteiger partial charge in [-0.25, -0.2) is 10.2 Å². The Labute approximate surface area is 148 Å². The molecule has 0 atom stereocenters. The molecule has 3 rings (SSSR count). The van der Waals surface area contributed by atoms with Crippen molar-refractivity contribution in [3.8, 4) is 17.1 Å². The summed E-state index contributed by atoms with van der Waals surface area (Å²) in [5.41, 5.74) is 4.21. The van der Waals surface area contributed by atoms with Crippen molar-refractivity contribution >= 4 is 11.6 Å². The predicted molar refractivity (Wildman–Crippen MR) is 93.7 cm³/mol. The summed E-state index contributed by atoms with van der Waals surface area (Å²) >= 11 is 0. The minimum absolute atomic E-state index is 0.0883. The van der Waals surface area contributed by atoms with Gasteiger partial charge in [0.1, 0.15) is 11.4 Å². The van der Waals surface area contributed by atoms with Gasteiger partial charge in [-0.05, 0) is 31.2 Å². The molecule has 1 aromatic carbocycles. The fraction of sp³-hybridized carbons (Fsp3) is 0.176. The van der Waals surface area contributed by atoms with Crippen molar-refractivity contribution in [1.29, 1.82) is 0 Å². The van der Waals surface area contributed by atoms with Crippen molar-refractivity contribution in [1.82, 2.24) is 19.8 Å². The van der Waals surface area contributed by atoms with E-state index in [0.29, 0.717) is 18.0 Å². The van der Waals surface area contributed by atoms with Crippen molar-refractivity contribution in [2.45, 2.75) is 6.92 Å². The van der Waals surface area contributed by atoms with E-state index in [2.05, 4.69) is 10.6 Å². The van der Waals surface area contributed by atoms with E-state index in [1.54, 1.807) is 25.1 Å². The second-order valence-corrected chi connectivity index (χ2v) is 5.47. The minimum Gasteiger partial charge on any atom is -0.349 e. The molecule has 0 unspecified atom stereocenters. The average Bonchev–Trinajstić information content (AvgIpc) is 3.25. The van der Waals surface area contributed by atoms with Gasteiger partial charge in [0.25, 0.3) is 11.6 Å². The summed E-state index contributed by atoms with van der Waals surface area (Å²) in [4.78, 5) is 28.0. The van der Waals surface area contributed by atoms with Crippen molar-refractivity contribution < 1.29 is 14.6 Å². The Balaban J connectivity index is 2.11. The summed E-state index contributed by atoms with van der Waals surface area (Å²) in [5.74, 6) is -0.494. The number of hydrogen-bond acceptors (Lipinski definition) is 5. The van der Waals surface area contributed by atoms with Crippen LogP contribution in [0.5, 0.6) is 0 Å². The highest BCUT2D eigenvalue weighted by Crippen LogP contribution is 2.23. The highest BCUT2D eigenvalue weighted by atomic mass is 16.6. The van der Waals surface area contributed by atoms with Gasteiger partial charge in [-0.1, -0.05) is 6.07 Å². The molecule has 9 nitrogen and oxygen atoms in total. The maximum atomic E-state index is 12.4.